The highest BCUT2D eigenvalue weighted by molar-refractivity contribution is 5.80. The van der Waals surface area contributed by atoms with Gasteiger partial charge in [-0.05, 0) is 19.8 Å². The number of carbonyl (C=O) groups excluding carboxylic acids is 1. The van der Waals surface area contributed by atoms with Gasteiger partial charge in [0, 0.05) is 34.2 Å². The van der Waals surface area contributed by atoms with E-state index >= 15 is 0 Å². The lowest BCUT2D eigenvalue weighted by Gasteiger charge is -2.32. The first-order valence-electron chi connectivity index (χ1n) is 5.62. The molecule has 0 radical (unpaired) electrons. The second-order valence-corrected chi connectivity index (χ2v) is 4.25. The Bertz CT molecular complexity index is 268. The minimum absolute atomic E-state index is 0.0308. The number of hydroxylamine groups is 2. The van der Waals surface area contributed by atoms with E-state index in [0.29, 0.717) is 0 Å². The molecule has 0 N–H and O–H groups in total. The van der Waals surface area contributed by atoms with Gasteiger partial charge in [-0.3, -0.25) is 9.79 Å². The van der Waals surface area contributed by atoms with Crippen LogP contribution in [-0.2, 0) is 9.63 Å². The van der Waals surface area contributed by atoms with Gasteiger partial charge in [-0.15, -0.1) is 5.06 Å². The fraction of sp³-hybridized carbons (Fsp3) is 0.818. The Balaban J connectivity index is 2.40. The molecule has 16 heavy (non-hydrogen) atoms. The number of carbonyl (C=O) groups is 1. The third-order valence-corrected chi connectivity index (χ3v) is 2.88. The van der Waals surface area contributed by atoms with E-state index in [-0.39, 0.29) is 11.9 Å². The number of hydrogen-bond donors (Lipinski definition) is 0. The Morgan fingerprint density at radius 3 is 2.38 bits per heavy atom. The Morgan fingerprint density at radius 2 is 1.94 bits per heavy atom. The Labute approximate surface area is 97.0 Å². The smallest absolute Gasteiger partial charge is 0.328 e. The molecule has 0 spiro atoms. The molecule has 0 aliphatic carbocycles. The average molecular weight is 227 g/mol. The lowest BCUT2D eigenvalue weighted by molar-refractivity contribution is -0.184. The minimum Gasteiger partial charge on any atom is -0.368 e. The minimum atomic E-state index is -0.115. The summed E-state index contributed by atoms with van der Waals surface area (Å²) in [5, 5.41) is 1.45. The van der Waals surface area contributed by atoms with Gasteiger partial charge in [0.2, 0.25) is 0 Å². The van der Waals surface area contributed by atoms with Crippen LogP contribution >= 0.6 is 0 Å². The van der Waals surface area contributed by atoms with Gasteiger partial charge >= 0.3 is 5.97 Å². The highest BCUT2D eigenvalue weighted by Gasteiger charge is 2.27. The Kier molecular flexibility index (Phi) is 4.73. The van der Waals surface area contributed by atoms with Crippen molar-refractivity contribution in [2.75, 3.05) is 34.2 Å². The zero-order valence-corrected chi connectivity index (χ0v) is 10.6. The molecular formula is C11H21N3O2. The molecule has 0 aromatic rings. The van der Waals surface area contributed by atoms with Crippen molar-refractivity contribution in [3.63, 3.8) is 0 Å². The van der Waals surface area contributed by atoms with Crippen LogP contribution < -0.4 is 0 Å². The number of likely N-dealkylation sites (tertiary alicyclic amines) is 1. The van der Waals surface area contributed by atoms with Crippen LogP contribution in [0.4, 0.5) is 0 Å². The molecule has 0 saturated carbocycles. The molecule has 1 heterocycles. The van der Waals surface area contributed by atoms with E-state index in [9.17, 15) is 4.79 Å². The maximum atomic E-state index is 11.6. The topological polar surface area (TPSA) is 45.1 Å². The van der Waals surface area contributed by atoms with E-state index in [1.54, 1.807) is 21.1 Å². The van der Waals surface area contributed by atoms with E-state index in [1.807, 2.05) is 6.92 Å². The standard InChI is InChI=1S/C11H21N3O2/c1-9(12-2)14-7-5-10(6-8-14)11(15)16-13(3)4/h10H,5-8H2,1-4H3/b12-9-. The van der Waals surface area contributed by atoms with Gasteiger partial charge in [-0.2, -0.15) is 0 Å². The molecule has 1 rings (SSSR count). The molecule has 1 fully saturated rings. The molecule has 1 aliphatic rings. The van der Waals surface area contributed by atoms with E-state index in [4.69, 9.17) is 4.84 Å². The van der Waals surface area contributed by atoms with E-state index in [2.05, 4.69) is 9.89 Å². The first kappa shape index (κ1) is 13.0. The normalized spacial score (nSPS) is 19.1. The largest absolute Gasteiger partial charge is 0.368 e. The summed E-state index contributed by atoms with van der Waals surface area (Å²) in [5.74, 6) is 0.957. The molecule has 5 nitrogen and oxygen atoms in total. The van der Waals surface area contributed by atoms with Crippen LogP contribution in [-0.4, -0.2) is 56.0 Å². The van der Waals surface area contributed by atoms with Crippen molar-refractivity contribution < 1.29 is 9.63 Å². The lowest BCUT2D eigenvalue weighted by atomic mass is 9.97. The van der Waals surface area contributed by atoms with E-state index in [0.717, 1.165) is 31.8 Å². The summed E-state index contributed by atoms with van der Waals surface area (Å²) in [7, 11) is 5.24. The van der Waals surface area contributed by atoms with Crippen LogP contribution in [0.5, 0.6) is 0 Å². The molecule has 92 valence electrons. The summed E-state index contributed by atoms with van der Waals surface area (Å²) in [5.41, 5.74) is 0. The quantitative estimate of drug-likeness (QED) is 0.397. The van der Waals surface area contributed by atoms with Gasteiger partial charge < -0.3 is 9.74 Å². The van der Waals surface area contributed by atoms with Crippen LogP contribution in [0.25, 0.3) is 0 Å². The highest BCUT2D eigenvalue weighted by Crippen LogP contribution is 2.19. The van der Waals surface area contributed by atoms with Gasteiger partial charge in [0.05, 0.1) is 11.8 Å². The first-order valence-corrected chi connectivity index (χ1v) is 5.62. The number of rotatable bonds is 2. The molecule has 0 aromatic heterocycles. The van der Waals surface area contributed by atoms with Gasteiger partial charge in [-0.1, -0.05) is 0 Å². The summed E-state index contributed by atoms with van der Waals surface area (Å²) in [4.78, 5) is 23.1. The number of nitrogens with zero attached hydrogens (tertiary/aromatic N) is 3. The summed E-state index contributed by atoms with van der Waals surface area (Å²) >= 11 is 0. The van der Waals surface area contributed by atoms with Crippen molar-refractivity contribution in [3.05, 3.63) is 0 Å². The van der Waals surface area contributed by atoms with Crippen molar-refractivity contribution in [3.8, 4) is 0 Å². The van der Waals surface area contributed by atoms with Gasteiger partial charge in [0.25, 0.3) is 0 Å². The predicted molar refractivity (Wildman–Crippen MR) is 63.1 cm³/mol. The van der Waals surface area contributed by atoms with Crippen molar-refractivity contribution in [1.82, 2.24) is 9.96 Å². The van der Waals surface area contributed by atoms with Gasteiger partial charge in [0.1, 0.15) is 0 Å². The Morgan fingerprint density at radius 1 is 1.38 bits per heavy atom. The van der Waals surface area contributed by atoms with E-state index < -0.39 is 0 Å². The fourth-order valence-corrected chi connectivity index (χ4v) is 1.83. The lowest BCUT2D eigenvalue weighted by Crippen LogP contribution is -2.40. The maximum Gasteiger partial charge on any atom is 0.328 e. The second-order valence-electron chi connectivity index (χ2n) is 4.25. The number of amidine groups is 1. The zero-order chi connectivity index (χ0) is 12.1. The summed E-state index contributed by atoms with van der Waals surface area (Å²) in [6.45, 7) is 3.77. The molecule has 1 saturated heterocycles. The monoisotopic (exact) mass is 227 g/mol. The van der Waals surface area contributed by atoms with Crippen LogP contribution in [0.3, 0.4) is 0 Å². The molecular weight excluding hydrogens is 206 g/mol. The molecule has 0 amide bonds. The fourth-order valence-electron chi connectivity index (χ4n) is 1.83. The van der Waals surface area contributed by atoms with Crippen molar-refractivity contribution in [2.45, 2.75) is 19.8 Å². The summed E-state index contributed by atoms with van der Waals surface area (Å²) in [6.07, 6.45) is 1.69. The molecule has 0 aromatic carbocycles. The third kappa shape index (κ3) is 3.48. The van der Waals surface area contributed by atoms with Gasteiger partial charge in [0.15, 0.2) is 0 Å². The van der Waals surface area contributed by atoms with Crippen molar-refractivity contribution in [1.29, 1.82) is 0 Å². The summed E-state index contributed by atoms with van der Waals surface area (Å²) < 4.78 is 0. The number of hydrogen-bond acceptors (Lipinski definition) is 4. The van der Waals surface area contributed by atoms with Crippen LogP contribution in [0.2, 0.25) is 0 Å². The average Bonchev–Trinajstić information content (AvgIpc) is 2.27. The van der Waals surface area contributed by atoms with Crippen LogP contribution in [0, 0.1) is 5.92 Å². The SMILES string of the molecule is C/N=C(/C)N1CCC(C(=O)ON(C)C)CC1. The zero-order valence-electron chi connectivity index (χ0n) is 10.6. The second kappa shape index (κ2) is 5.84. The molecule has 0 bridgehead atoms. The molecule has 1 aliphatic heterocycles. The molecule has 0 unspecified atom stereocenters. The van der Waals surface area contributed by atoms with Gasteiger partial charge in [-0.25, -0.2) is 0 Å². The summed E-state index contributed by atoms with van der Waals surface area (Å²) in [6, 6.07) is 0. The van der Waals surface area contributed by atoms with Crippen LogP contribution in [0.15, 0.2) is 4.99 Å². The Hall–Kier alpha value is -1.10. The molecule has 5 heteroatoms. The van der Waals surface area contributed by atoms with Crippen LogP contribution in [0.1, 0.15) is 19.8 Å². The first-order chi connectivity index (χ1) is 7.54. The predicted octanol–water partition coefficient (Wildman–Crippen LogP) is 0.766. The van der Waals surface area contributed by atoms with E-state index in [1.165, 1.54) is 5.06 Å². The third-order valence-electron chi connectivity index (χ3n) is 2.88. The van der Waals surface area contributed by atoms with Crippen molar-refractivity contribution in [2.24, 2.45) is 10.9 Å². The van der Waals surface area contributed by atoms with Crippen molar-refractivity contribution >= 4 is 11.8 Å². The highest BCUT2D eigenvalue weighted by atomic mass is 16.7. The number of piperidine rings is 1. The maximum absolute atomic E-state index is 11.6. The number of aliphatic imine (C=N–C) groups is 1. The molecule has 0 atom stereocenters.